The average Bonchev–Trinajstić information content (AvgIpc) is 2.42. The van der Waals surface area contributed by atoms with Crippen molar-refractivity contribution in [1.29, 1.82) is 0 Å². The van der Waals surface area contributed by atoms with E-state index >= 15 is 0 Å². The Labute approximate surface area is 118 Å². The van der Waals surface area contributed by atoms with Crippen LogP contribution in [0.5, 0.6) is 0 Å². The monoisotopic (exact) mass is 282 g/mol. The van der Waals surface area contributed by atoms with Crippen molar-refractivity contribution < 1.29 is 9.53 Å². The van der Waals surface area contributed by atoms with E-state index in [0.717, 1.165) is 28.4 Å². The maximum absolute atomic E-state index is 11.3. The molecule has 18 heavy (non-hydrogen) atoms. The smallest absolute Gasteiger partial charge is 0.305 e. The molecule has 4 heteroatoms. The Morgan fingerprint density at radius 3 is 2.72 bits per heavy atom. The summed E-state index contributed by atoms with van der Waals surface area (Å²) in [6, 6.07) is 9.94. The number of thiocarbonyl (C=S) groups is 1. The second-order valence-electron chi connectivity index (χ2n) is 3.83. The van der Waals surface area contributed by atoms with Gasteiger partial charge in [-0.25, -0.2) is 0 Å². The standard InChI is InChI=1S/C14H18O2S2/c1-2-10-16-13(15)9-6-11-18-14(17)12-7-4-3-5-8-12/h3-5,7-8H,2,6,9-11H2,1H3. The van der Waals surface area contributed by atoms with Crippen LogP contribution in [0.15, 0.2) is 30.3 Å². The van der Waals surface area contributed by atoms with Crippen molar-refractivity contribution >= 4 is 34.1 Å². The molecule has 0 saturated carbocycles. The maximum atomic E-state index is 11.3. The predicted octanol–water partition coefficient (Wildman–Crippen LogP) is 3.83. The van der Waals surface area contributed by atoms with Crippen LogP contribution in [0.25, 0.3) is 0 Å². The average molecular weight is 282 g/mol. The zero-order valence-electron chi connectivity index (χ0n) is 10.6. The number of rotatable bonds is 7. The van der Waals surface area contributed by atoms with Gasteiger partial charge in [0.1, 0.15) is 0 Å². The first-order valence-corrected chi connectivity index (χ1v) is 7.51. The van der Waals surface area contributed by atoms with Crippen LogP contribution in [0.1, 0.15) is 31.7 Å². The van der Waals surface area contributed by atoms with Crippen molar-refractivity contribution in [1.82, 2.24) is 0 Å². The third kappa shape index (κ3) is 6.17. The van der Waals surface area contributed by atoms with Crippen molar-refractivity contribution in [3.63, 3.8) is 0 Å². The normalized spacial score (nSPS) is 10.1. The molecule has 0 radical (unpaired) electrons. The Hall–Kier alpha value is -0.870. The Balaban J connectivity index is 2.15. The second-order valence-corrected chi connectivity index (χ2v) is 5.60. The zero-order chi connectivity index (χ0) is 13.2. The maximum Gasteiger partial charge on any atom is 0.305 e. The van der Waals surface area contributed by atoms with Gasteiger partial charge in [0.05, 0.1) is 10.8 Å². The van der Waals surface area contributed by atoms with Gasteiger partial charge in [-0.05, 0) is 24.2 Å². The molecule has 1 aromatic carbocycles. The summed E-state index contributed by atoms with van der Waals surface area (Å²) in [7, 11) is 0. The molecular weight excluding hydrogens is 264 g/mol. The lowest BCUT2D eigenvalue weighted by Gasteiger charge is -2.04. The number of hydrogen-bond acceptors (Lipinski definition) is 4. The number of ether oxygens (including phenoxy) is 1. The molecule has 2 nitrogen and oxygen atoms in total. The lowest BCUT2D eigenvalue weighted by molar-refractivity contribution is -0.143. The molecule has 0 spiro atoms. The number of hydrogen-bond donors (Lipinski definition) is 0. The fourth-order valence-electron chi connectivity index (χ4n) is 1.33. The van der Waals surface area contributed by atoms with Gasteiger partial charge in [-0.15, -0.1) is 11.8 Å². The van der Waals surface area contributed by atoms with Gasteiger partial charge in [0.2, 0.25) is 0 Å². The van der Waals surface area contributed by atoms with Crippen LogP contribution >= 0.6 is 24.0 Å². The molecular formula is C14H18O2S2. The van der Waals surface area contributed by atoms with E-state index in [2.05, 4.69) is 0 Å². The van der Waals surface area contributed by atoms with E-state index in [9.17, 15) is 4.79 Å². The molecule has 0 aliphatic heterocycles. The topological polar surface area (TPSA) is 26.3 Å². The lowest BCUT2D eigenvalue weighted by Crippen LogP contribution is -2.05. The molecule has 0 unspecified atom stereocenters. The van der Waals surface area contributed by atoms with Crippen LogP contribution in [0.3, 0.4) is 0 Å². The van der Waals surface area contributed by atoms with Crippen LogP contribution in [-0.2, 0) is 9.53 Å². The predicted molar refractivity (Wildman–Crippen MR) is 81.1 cm³/mol. The van der Waals surface area contributed by atoms with Crippen LogP contribution in [0, 0.1) is 0 Å². The first-order valence-electron chi connectivity index (χ1n) is 6.12. The van der Waals surface area contributed by atoms with Gasteiger partial charge in [-0.3, -0.25) is 4.79 Å². The highest BCUT2D eigenvalue weighted by Gasteiger charge is 2.04. The number of thioether (sulfide) groups is 1. The van der Waals surface area contributed by atoms with E-state index in [1.54, 1.807) is 11.8 Å². The summed E-state index contributed by atoms with van der Waals surface area (Å²) < 4.78 is 5.89. The highest BCUT2D eigenvalue weighted by atomic mass is 32.2. The molecule has 0 N–H and O–H groups in total. The molecule has 0 heterocycles. The Bertz CT molecular complexity index is 377. The molecule has 0 bridgehead atoms. The molecule has 98 valence electrons. The van der Waals surface area contributed by atoms with Gasteiger partial charge in [0.15, 0.2) is 0 Å². The molecule has 0 fully saturated rings. The van der Waals surface area contributed by atoms with E-state index in [0.29, 0.717) is 13.0 Å². The minimum absolute atomic E-state index is 0.108. The molecule has 0 amide bonds. The second kappa shape index (κ2) is 9.11. The summed E-state index contributed by atoms with van der Waals surface area (Å²) in [6.07, 6.45) is 2.16. The summed E-state index contributed by atoms with van der Waals surface area (Å²) in [5.41, 5.74) is 1.08. The van der Waals surface area contributed by atoms with Crippen LogP contribution < -0.4 is 0 Å². The van der Waals surface area contributed by atoms with Crippen molar-refractivity contribution in [2.24, 2.45) is 0 Å². The third-order valence-corrected chi connectivity index (χ3v) is 3.82. The van der Waals surface area contributed by atoms with E-state index in [4.69, 9.17) is 17.0 Å². The minimum Gasteiger partial charge on any atom is -0.466 e. The van der Waals surface area contributed by atoms with Crippen LogP contribution in [-0.4, -0.2) is 22.5 Å². The fourth-order valence-corrected chi connectivity index (χ4v) is 2.49. The summed E-state index contributed by atoms with van der Waals surface area (Å²) >= 11 is 6.94. The molecule has 1 aromatic rings. The number of benzene rings is 1. The van der Waals surface area contributed by atoms with Gasteiger partial charge in [-0.1, -0.05) is 49.5 Å². The van der Waals surface area contributed by atoms with E-state index in [1.807, 2.05) is 37.3 Å². The SMILES string of the molecule is CCCOC(=O)CCCSC(=S)c1ccccc1. The zero-order valence-corrected chi connectivity index (χ0v) is 12.2. The van der Waals surface area contributed by atoms with Gasteiger partial charge in [-0.2, -0.15) is 0 Å². The first kappa shape index (κ1) is 15.2. The number of esters is 1. The van der Waals surface area contributed by atoms with Crippen molar-refractivity contribution in [2.75, 3.05) is 12.4 Å². The van der Waals surface area contributed by atoms with Crippen molar-refractivity contribution in [3.05, 3.63) is 35.9 Å². The summed E-state index contributed by atoms with van der Waals surface area (Å²) in [5, 5.41) is 0. The van der Waals surface area contributed by atoms with Crippen molar-refractivity contribution in [2.45, 2.75) is 26.2 Å². The highest BCUT2D eigenvalue weighted by molar-refractivity contribution is 8.23. The van der Waals surface area contributed by atoms with E-state index < -0.39 is 0 Å². The summed E-state index contributed by atoms with van der Waals surface area (Å²) in [5.74, 6) is 0.748. The van der Waals surface area contributed by atoms with Gasteiger partial charge < -0.3 is 4.74 Å². The lowest BCUT2D eigenvalue weighted by atomic mass is 10.2. The van der Waals surface area contributed by atoms with Gasteiger partial charge in [0, 0.05) is 6.42 Å². The van der Waals surface area contributed by atoms with Crippen LogP contribution in [0.4, 0.5) is 0 Å². The molecule has 0 saturated heterocycles. The molecule has 0 aliphatic rings. The van der Waals surface area contributed by atoms with Gasteiger partial charge in [0.25, 0.3) is 0 Å². The fraction of sp³-hybridized carbons (Fsp3) is 0.429. The molecule has 0 aliphatic carbocycles. The van der Waals surface area contributed by atoms with E-state index in [1.165, 1.54) is 0 Å². The summed E-state index contributed by atoms with van der Waals surface area (Å²) in [4.78, 5) is 11.3. The first-order chi connectivity index (χ1) is 8.74. The number of carbonyl (C=O) groups excluding carboxylic acids is 1. The molecule has 0 aromatic heterocycles. The molecule has 0 atom stereocenters. The Morgan fingerprint density at radius 2 is 2.06 bits per heavy atom. The highest BCUT2D eigenvalue weighted by Crippen LogP contribution is 2.15. The Kier molecular flexibility index (Phi) is 7.69. The van der Waals surface area contributed by atoms with Crippen LogP contribution in [0.2, 0.25) is 0 Å². The third-order valence-electron chi connectivity index (χ3n) is 2.24. The van der Waals surface area contributed by atoms with E-state index in [-0.39, 0.29) is 5.97 Å². The Morgan fingerprint density at radius 1 is 1.33 bits per heavy atom. The molecule has 1 rings (SSSR count). The summed E-state index contributed by atoms with van der Waals surface area (Å²) in [6.45, 7) is 2.51. The minimum atomic E-state index is -0.108. The largest absolute Gasteiger partial charge is 0.466 e. The number of carbonyl (C=O) groups is 1. The quantitative estimate of drug-likeness (QED) is 0.431. The van der Waals surface area contributed by atoms with Crippen molar-refractivity contribution in [3.8, 4) is 0 Å². The van der Waals surface area contributed by atoms with Gasteiger partial charge >= 0.3 is 5.97 Å².